The number of benzene rings is 1. The first kappa shape index (κ1) is 18.2. The predicted molar refractivity (Wildman–Crippen MR) is 95.8 cm³/mol. The molecule has 25 heavy (non-hydrogen) atoms. The van der Waals surface area contributed by atoms with Crippen LogP contribution in [0.15, 0.2) is 24.3 Å². The zero-order chi connectivity index (χ0) is 18.2. The number of carbonyl (C=O) groups is 1. The van der Waals surface area contributed by atoms with Gasteiger partial charge < -0.3 is 14.6 Å². The van der Waals surface area contributed by atoms with E-state index < -0.39 is 11.7 Å². The minimum absolute atomic E-state index is 0.119. The van der Waals surface area contributed by atoms with Gasteiger partial charge in [-0.15, -0.1) is 0 Å². The van der Waals surface area contributed by atoms with Gasteiger partial charge in [0, 0.05) is 25.2 Å². The summed E-state index contributed by atoms with van der Waals surface area (Å²) in [4.78, 5) is 16.6. The smallest absolute Gasteiger partial charge is 0.414 e. The maximum atomic E-state index is 12.8. The zero-order valence-electron chi connectivity index (χ0n) is 15.4. The summed E-state index contributed by atoms with van der Waals surface area (Å²) in [5, 5.41) is 10.9. The molecule has 1 saturated heterocycles. The first-order valence-corrected chi connectivity index (χ1v) is 8.89. The quantitative estimate of drug-likeness (QED) is 0.845. The van der Waals surface area contributed by atoms with Gasteiger partial charge >= 0.3 is 6.09 Å². The first-order chi connectivity index (χ1) is 11.8. The summed E-state index contributed by atoms with van der Waals surface area (Å²) in [6.07, 6.45) is -0.897. The number of nitrogens with zero attached hydrogens (tertiary/aromatic N) is 2. The topological polar surface area (TPSA) is 62.2 Å². The maximum Gasteiger partial charge on any atom is 0.414 e. The van der Waals surface area contributed by atoms with E-state index in [9.17, 15) is 9.90 Å². The Morgan fingerprint density at radius 2 is 2.00 bits per heavy atom. The molecule has 0 saturated carbocycles. The molecule has 6 nitrogen and oxygen atoms in total. The van der Waals surface area contributed by atoms with Crippen molar-refractivity contribution in [2.75, 3.05) is 31.1 Å². The van der Waals surface area contributed by atoms with Gasteiger partial charge in [0.25, 0.3) is 0 Å². The van der Waals surface area contributed by atoms with E-state index in [4.69, 9.17) is 9.47 Å². The summed E-state index contributed by atoms with van der Waals surface area (Å²) in [6, 6.07) is 7.34. The van der Waals surface area contributed by atoms with Gasteiger partial charge in [0.1, 0.15) is 5.60 Å². The van der Waals surface area contributed by atoms with Crippen molar-refractivity contribution in [2.45, 2.75) is 51.5 Å². The lowest BCUT2D eigenvalue weighted by Gasteiger charge is -2.45. The Morgan fingerprint density at radius 3 is 2.68 bits per heavy atom. The maximum absolute atomic E-state index is 12.8. The summed E-state index contributed by atoms with van der Waals surface area (Å²) < 4.78 is 11.2. The Morgan fingerprint density at radius 1 is 1.28 bits per heavy atom. The van der Waals surface area contributed by atoms with Gasteiger partial charge in [-0.3, -0.25) is 9.80 Å². The molecule has 0 bridgehead atoms. The largest absolute Gasteiger partial charge is 0.443 e. The van der Waals surface area contributed by atoms with Crippen LogP contribution in [0.25, 0.3) is 0 Å². The summed E-state index contributed by atoms with van der Waals surface area (Å²) >= 11 is 0. The van der Waals surface area contributed by atoms with Crippen molar-refractivity contribution in [1.82, 2.24) is 4.90 Å². The highest BCUT2D eigenvalue weighted by Gasteiger charge is 2.40. The predicted octanol–water partition coefficient (Wildman–Crippen LogP) is 2.56. The third-order valence-corrected chi connectivity index (χ3v) is 4.64. The summed E-state index contributed by atoms with van der Waals surface area (Å²) in [6.45, 7) is 10.1. The highest BCUT2D eigenvalue weighted by Crippen LogP contribution is 2.37. The fraction of sp³-hybridized carbons (Fsp3) is 0.632. The standard InChI is InChI=1S/C19H28N2O4/c1-13-11-20(9-10-24-13)16-12-21(18(23)25-19(2,3)4)15-8-6-5-7-14(15)17(16)22/h5-8,13,16-17,22H,9-12H2,1-4H3/t13-,16-,17+/m1/s1. The van der Waals surface area contributed by atoms with E-state index in [1.54, 1.807) is 4.90 Å². The second-order valence-electron chi connectivity index (χ2n) is 7.84. The highest BCUT2D eigenvalue weighted by molar-refractivity contribution is 5.90. The van der Waals surface area contributed by atoms with Crippen LogP contribution in [-0.4, -0.2) is 60.1 Å². The Bertz CT molecular complexity index is 628. The number of hydrogen-bond donors (Lipinski definition) is 1. The molecule has 1 N–H and O–H groups in total. The molecular weight excluding hydrogens is 320 g/mol. The molecule has 0 spiro atoms. The molecule has 2 heterocycles. The van der Waals surface area contributed by atoms with Crippen LogP contribution >= 0.6 is 0 Å². The summed E-state index contributed by atoms with van der Waals surface area (Å²) in [5.41, 5.74) is 0.927. The molecular formula is C19H28N2O4. The van der Waals surface area contributed by atoms with Crippen molar-refractivity contribution < 1.29 is 19.4 Å². The average molecular weight is 348 g/mol. The van der Waals surface area contributed by atoms with Crippen LogP contribution < -0.4 is 4.90 Å². The Labute approximate surface area is 149 Å². The van der Waals surface area contributed by atoms with Crippen molar-refractivity contribution in [3.05, 3.63) is 29.8 Å². The average Bonchev–Trinajstić information content (AvgIpc) is 2.53. The monoisotopic (exact) mass is 348 g/mol. The van der Waals surface area contributed by atoms with Crippen LogP contribution in [-0.2, 0) is 9.47 Å². The van der Waals surface area contributed by atoms with Crippen molar-refractivity contribution in [1.29, 1.82) is 0 Å². The molecule has 138 valence electrons. The molecule has 3 rings (SSSR count). The molecule has 2 aliphatic heterocycles. The fourth-order valence-corrected chi connectivity index (χ4v) is 3.53. The van der Waals surface area contributed by atoms with Gasteiger partial charge in [-0.25, -0.2) is 4.79 Å². The van der Waals surface area contributed by atoms with E-state index in [1.165, 1.54) is 0 Å². The van der Waals surface area contributed by atoms with Gasteiger partial charge in [-0.1, -0.05) is 18.2 Å². The van der Waals surface area contributed by atoms with Gasteiger partial charge in [-0.2, -0.15) is 0 Å². The molecule has 1 aromatic carbocycles. The molecule has 0 aliphatic carbocycles. The number of para-hydroxylation sites is 1. The number of fused-ring (bicyclic) bond motifs is 1. The number of anilines is 1. The lowest BCUT2D eigenvalue weighted by Crippen LogP contribution is -2.56. The first-order valence-electron chi connectivity index (χ1n) is 8.89. The fourth-order valence-electron chi connectivity index (χ4n) is 3.53. The van der Waals surface area contributed by atoms with Crippen LogP contribution in [0.1, 0.15) is 39.4 Å². The molecule has 0 unspecified atom stereocenters. The van der Waals surface area contributed by atoms with Crippen molar-refractivity contribution >= 4 is 11.8 Å². The second kappa shape index (κ2) is 6.94. The van der Waals surface area contributed by atoms with Gasteiger partial charge in [-0.05, 0) is 33.8 Å². The van der Waals surface area contributed by atoms with E-state index in [-0.39, 0.29) is 18.2 Å². The molecule has 0 aromatic heterocycles. The zero-order valence-corrected chi connectivity index (χ0v) is 15.4. The minimum atomic E-state index is -0.639. The van der Waals surface area contributed by atoms with E-state index in [0.29, 0.717) is 13.2 Å². The molecule has 3 atom stereocenters. The van der Waals surface area contributed by atoms with Crippen molar-refractivity contribution in [3.63, 3.8) is 0 Å². The molecule has 2 aliphatic rings. The lowest BCUT2D eigenvalue weighted by molar-refractivity contribution is -0.0582. The van der Waals surface area contributed by atoms with Crippen LogP contribution in [0.3, 0.4) is 0 Å². The Balaban J connectivity index is 1.90. The number of carbonyl (C=O) groups excluding carboxylic acids is 1. The van der Waals surface area contributed by atoms with E-state index in [2.05, 4.69) is 4.90 Å². The summed E-state index contributed by atoms with van der Waals surface area (Å²) in [7, 11) is 0. The molecule has 1 aromatic rings. The van der Waals surface area contributed by atoms with E-state index >= 15 is 0 Å². The van der Waals surface area contributed by atoms with Crippen LogP contribution in [0, 0.1) is 0 Å². The Kier molecular flexibility index (Phi) is 5.04. The van der Waals surface area contributed by atoms with Crippen LogP contribution in [0.2, 0.25) is 0 Å². The third-order valence-electron chi connectivity index (χ3n) is 4.64. The van der Waals surface area contributed by atoms with Crippen molar-refractivity contribution in [2.24, 2.45) is 0 Å². The number of amides is 1. The number of aliphatic hydroxyl groups is 1. The van der Waals surface area contributed by atoms with E-state index in [1.807, 2.05) is 52.0 Å². The molecule has 1 fully saturated rings. The highest BCUT2D eigenvalue weighted by atomic mass is 16.6. The third kappa shape index (κ3) is 3.97. The number of ether oxygens (including phenoxy) is 2. The van der Waals surface area contributed by atoms with Crippen LogP contribution in [0.4, 0.5) is 10.5 Å². The normalized spacial score (nSPS) is 27.7. The molecule has 6 heteroatoms. The number of aliphatic hydroxyl groups excluding tert-OH is 1. The lowest BCUT2D eigenvalue weighted by atomic mass is 9.93. The minimum Gasteiger partial charge on any atom is -0.443 e. The number of rotatable bonds is 1. The Hall–Kier alpha value is -1.63. The molecule has 1 amide bonds. The van der Waals surface area contributed by atoms with Gasteiger partial charge in [0.15, 0.2) is 0 Å². The number of morpholine rings is 1. The number of hydrogen-bond acceptors (Lipinski definition) is 5. The van der Waals surface area contributed by atoms with Gasteiger partial charge in [0.05, 0.1) is 30.5 Å². The van der Waals surface area contributed by atoms with Crippen molar-refractivity contribution in [3.8, 4) is 0 Å². The van der Waals surface area contributed by atoms with Crippen LogP contribution in [0.5, 0.6) is 0 Å². The van der Waals surface area contributed by atoms with Gasteiger partial charge in [0.2, 0.25) is 0 Å². The van der Waals surface area contributed by atoms with E-state index in [0.717, 1.165) is 24.3 Å². The second-order valence-corrected chi connectivity index (χ2v) is 7.84. The SMILES string of the molecule is C[C@@H]1CN([C@@H]2CN(C(=O)OC(C)(C)C)c3ccccc3[C@@H]2O)CCO1. The molecule has 0 radical (unpaired) electrons. The summed E-state index contributed by atoms with van der Waals surface area (Å²) in [5.74, 6) is 0.